The molecule has 2 rings (SSSR count). The summed E-state index contributed by atoms with van der Waals surface area (Å²) in [6, 6.07) is 9.20. The number of para-hydroxylation sites is 1. The highest BCUT2D eigenvalue weighted by molar-refractivity contribution is 7.11. The Hall–Kier alpha value is -1.88. The first kappa shape index (κ1) is 14.5. The molecule has 106 valence electrons. The maximum absolute atomic E-state index is 11.7. The van der Waals surface area contributed by atoms with Crippen molar-refractivity contribution < 1.29 is 9.53 Å². The topological polar surface area (TPSA) is 51.2 Å². The van der Waals surface area contributed by atoms with Gasteiger partial charge in [-0.15, -0.1) is 0 Å². The normalized spacial score (nSPS) is 11.9. The Bertz CT molecular complexity index is 554. The molecule has 1 unspecified atom stereocenters. The number of hydrogen-bond acceptors (Lipinski definition) is 4. The summed E-state index contributed by atoms with van der Waals surface area (Å²) in [6.45, 7) is 4.28. The van der Waals surface area contributed by atoms with E-state index in [4.69, 9.17) is 4.74 Å². The number of ether oxygens (including phenoxy) is 1. The van der Waals surface area contributed by atoms with Crippen LogP contribution in [-0.2, 0) is 0 Å². The second-order valence-electron chi connectivity index (χ2n) is 4.61. The molecule has 0 aliphatic rings. The lowest BCUT2D eigenvalue weighted by atomic mass is 10.0. The van der Waals surface area contributed by atoms with Crippen LogP contribution in [0.15, 0.2) is 35.7 Å². The fourth-order valence-corrected chi connectivity index (χ4v) is 2.66. The number of amides is 1. The molecule has 0 radical (unpaired) electrons. The largest absolute Gasteiger partial charge is 0.419 e. The van der Waals surface area contributed by atoms with Crippen LogP contribution in [0.4, 0.5) is 10.5 Å². The minimum atomic E-state index is -0.514. The van der Waals surface area contributed by atoms with E-state index in [2.05, 4.69) is 24.1 Å². The van der Waals surface area contributed by atoms with E-state index in [0.717, 1.165) is 18.5 Å². The number of hydrogen-bond donors (Lipinski definition) is 1. The van der Waals surface area contributed by atoms with Gasteiger partial charge >= 0.3 is 6.09 Å². The Morgan fingerprint density at radius 3 is 2.85 bits per heavy atom. The minimum absolute atomic E-state index is 0.386. The van der Waals surface area contributed by atoms with Gasteiger partial charge < -0.3 is 4.74 Å². The number of nitrogens with one attached hydrogen (secondary N) is 1. The van der Waals surface area contributed by atoms with Crippen LogP contribution < -0.4 is 10.1 Å². The molecule has 1 aromatic carbocycles. The minimum Gasteiger partial charge on any atom is -0.381 e. The molecule has 0 bridgehead atoms. The standard InChI is InChI=1S/C15H18N2O2S/c1-3-7-11(2)13-10-20-15(17-13)19-14(18)16-12-8-5-4-6-9-12/h4-6,8-11H,3,7H2,1-2H3,(H,16,18). The molecule has 2 aromatic rings. The summed E-state index contributed by atoms with van der Waals surface area (Å²) in [6.07, 6.45) is 1.68. The summed E-state index contributed by atoms with van der Waals surface area (Å²) in [5, 5.41) is 4.99. The van der Waals surface area contributed by atoms with Crippen molar-refractivity contribution in [2.45, 2.75) is 32.6 Å². The lowest BCUT2D eigenvalue weighted by molar-refractivity contribution is 0.215. The number of anilines is 1. The molecular weight excluding hydrogens is 272 g/mol. The molecule has 0 spiro atoms. The highest BCUT2D eigenvalue weighted by atomic mass is 32.1. The highest BCUT2D eigenvalue weighted by Gasteiger charge is 2.12. The van der Waals surface area contributed by atoms with Crippen LogP contribution in [0.5, 0.6) is 5.19 Å². The van der Waals surface area contributed by atoms with Crippen LogP contribution in [0.2, 0.25) is 0 Å². The predicted molar refractivity (Wildman–Crippen MR) is 81.5 cm³/mol. The Balaban J connectivity index is 1.92. The van der Waals surface area contributed by atoms with Gasteiger partial charge in [-0.3, -0.25) is 5.32 Å². The van der Waals surface area contributed by atoms with E-state index in [1.807, 2.05) is 23.6 Å². The second kappa shape index (κ2) is 7.05. The number of carbonyl (C=O) groups excluding carboxylic acids is 1. The molecule has 1 amide bonds. The van der Waals surface area contributed by atoms with Gasteiger partial charge in [-0.25, -0.2) is 9.78 Å². The SMILES string of the molecule is CCCC(C)c1csc(OC(=O)Nc2ccccc2)n1. The summed E-state index contributed by atoms with van der Waals surface area (Å²) in [5.41, 5.74) is 1.69. The molecule has 0 aliphatic heterocycles. The van der Waals surface area contributed by atoms with Crippen LogP contribution in [-0.4, -0.2) is 11.1 Å². The summed E-state index contributed by atoms with van der Waals surface area (Å²) >= 11 is 1.35. The summed E-state index contributed by atoms with van der Waals surface area (Å²) in [7, 11) is 0. The molecule has 0 saturated carbocycles. The summed E-state index contributed by atoms with van der Waals surface area (Å²) in [5.74, 6) is 0.394. The third-order valence-electron chi connectivity index (χ3n) is 2.93. The van der Waals surface area contributed by atoms with Crippen LogP contribution >= 0.6 is 11.3 Å². The smallest absolute Gasteiger partial charge is 0.381 e. The first-order valence-electron chi connectivity index (χ1n) is 6.68. The van der Waals surface area contributed by atoms with Crippen molar-refractivity contribution in [3.8, 4) is 5.19 Å². The molecule has 0 saturated heterocycles. The number of benzene rings is 1. The quantitative estimate of drug-likeness (QED) is 0.871. The summed E-state index contributed by atoms with van der Waals surface area (Å²) in [4.78, 5) is 16.1. The first-order chi connectivity index (χ1) is 9.69. The van der Waals surface area contributed by atoms with E-state index in [-0.39, 0.29) is 0 Å². The predicted octanol–water partition coefficient (Wildman–Crippen LogP) is 4.66. The summed E-state index contributed by atoms with van der Waals surface area (Å²) < 4.78 is 5.18. The molecule has 1 aromatic heterocycles. The zero-order chi connectivity index (χ0) is 14.4. The molecule has 0 fully saturated rings. The Kier molecular flexibility index (Phi) is 5.12. The monoisotopic (exact) mass is 290 g/mol. The maximum atomic E-state index is 11.7. The van der Waals surface area contributed by atoms with Crippen molar-refractivity contribution in [3.05, 3.63) is 41.4 Å². The van der Waals surface area contributed by atoms with Gasteiger partial charge in [0, 0.05) is 11.1 Å². The number of aromatic nitrogens is 1. The van der Waals surface area contributed by atoms with Crippen molar-refractivity contribution in [1.82, 2.24) is 4.98 Å². The second-order valence-corrected chi connectivity index (χ2v) is 5.43. The van der Waals surface area contributed by atoms with E-state index in [1.165, 1.54) is 11.3 Å². The van der Waals surface area contributed by atoms with Crippen LogP contribution in [0.1, 0.15) is 38.3 Å². The molecule has 5 heteroatoms. The van der Waals surface area contributed by atoms with Crippen molar-refractivity contribution in [3.63, 3.8) is 0 Å². The molecular formula is C15H18N2O2S. The van der Waals surface area contributed by atoms with E-state index < -0.39 is 6.09 Å². The zero-order valence-corrected chi connectivity index (χ0v) is 12.4. The van der Waals surface area contributed by atoms with E-state index >= 15 is 0 Å². The molecule has 1 heterocycles. The van der Waals surface area contributed by atoms with Gasteiger partial charge in [0.2, 0.25) is 0 Å². The van der Waals surface area contributed by atoms with Gasteiger partial charge in [-0.2, -0.15) is 0 Å². The molecule has 0 aliphatic carbocycles. The van der Waals surface area contributed by atoms with Gasteiger partial charge in [0.15, 0.2) is 0 Å². The lowest BCUT2D eigenvalue weighted by Crippen LogP contribution is -2.16. The van der Waals surface area contributed by atoms with Crippen molar-refractivity contribution in [2.75, 3.05) is 5.32 Å². The van der Waals surface area contributed by atoms with Gasteiger partial charge in [-0.1, -0.05) is 49.8 Å². The third kappa shape index (κ3) is 4.06. The van der Waals surface area contributed by atoms with Crippen molar-refractivity contribution in [2.24, 2.45) is 0 Å². The number of nitrogens with zero attached hydrogens (tertiary/aromatic N) is 1. The van der Waals surface area contributed by atoms with Gasteiger partial charge in [0.1, 0.15) is 0 Å². The lowest BCUT2D eigenvalue weighted by Gasteiger charge is -2.05. The van der Waals surface area contributed by atoms with E-state index in [9.17, 15) is 4.79 Å². The van der Waals surface area contributed by atoms with Gasteiger partial charge in [0.05, 0.1) is 5.69 Å². The van der Waals surface area contributed by atoms with Crippen molar-refractivity contribution >= 4 is 23.1 Å². The van der Waals surface area contributed by atoms with Gasteiger partial charge in [-0.05, 0) is 24.5 Å². The maximum Gasteiger partial charge on any atom is 0.419 e. The first-order valence-corrected chi connectivity index (χ1v) is 7.56. The average molecular weight is 290 g/mol. The van der Waals surface area contributed by atoms with Crippen molar-refractivity contribution in [1.29, 1.82) is 0 Å². The molecule has 1 N–H and O–H groups in total. The highest BCUT2D eigenvalue weighted by Crippen LogP contribution is 2.26. The molecule has 1 atom stereocenters. The van der Waals surface area contributed by atoms with Crippen LogP contribution in [0, 0.1) is 0 Å². The Morgan fingerprint density at radius 1 is 1.40 bits per heavy atom. The molecule has 4 nitrogen and oxygen atoms in total. The zero-order valence-electron chi connectivity index (χ0n) is 11.6. The average Bonchev–Trinajstić information content (AvgIpc) is 2.88. The van der Waals surface area contributed by atoms with Crippen LogP contribution in [0.25, 0.3) is 0 Å². The van der Waals surface area contributed by atoms with Crippen LogP contribution in [0.3, 0.4) is 0 Å². The van der Waals surface area contributed by atoms with E-state index in [1.54, 1.807) is 12.1 Å². The fraction of sp³-hybridized carbons (Fsp3) is 0.333. The Morgan fingerprint density at radius 2 is 2.15 bits per heavy atom. The Labute approximate surface area is 122 Å². The number of rotatable bonds is 5. The fourth-order valence-electron chi connectivity index (χ4n) is 1.87. The number of thiazole rings is 1. The molecule has 20 heavy (non-hydrogen) atoms. The van der Waals surface area contributed by atoms with Gasteiger partial charge in [0.25, 0.3) is 5.19 Å². The van der Waals surface area contributed by atoms with E-state index in [0.29, 0.717) is 16.8 Å². The third-order valence-corrected chi connectivity index (χ3v) is 3.66. The number of carbonyl (C=O) groups is 1.